The van der Waals surface area contributed by atoms with E-state index in [1.54, 1.807) is 48.7 Å². The maximum Gasteiger partial charge on any atom is 0.281 e. The van der Waals surface area contributed by atoms with E-state index in [2.05, 4.69) is 15.2 Å². The average molecular weight is 505 g/mol. The molecule has 0 spiro atoms. The number of non-ortho nitro benzene ring substituents is 1. The zero-order valence-corrected chi connectivity index (χ0v) is 20.1. The number of nitro groups is 1. The fourth-order valence-electron chi connectivity index (χ4n) is 3.51. The fourth-order valence-corrected chi connectivity index (χ4v) is 4.72. The Morgan fingerprint density at radius 1 is 1.22 bits per heavy atom. The number of hydrogen-bond donors (Lipinski definition) is 0. The summed E-state index contributed by atoms with van der Waals surface area (Å²) >= 11 is 0. The summed E-state index contributed by atoms with van der Waals surface area (Å²) in [6.07, 6.45) is 7.68. The van der Waals surface area contributed by atoms with Crippen molar-refractivity contribution in [2.24, 2.45) is 5.10 Å². The summed E-state index contributed by atoms with van der Waals surface area (Å²) in [6.45, 7) is 0.324. The number of hydrazone groups is 1. The number of sulfonamides is 1. The second kappa shape index (κ2) is 9.80. The van der Waals surface area contributed by atoms with Gasteiger partial charge in [0.25, 0.3) is 15.7 Å². The molecular formula is C23H20N8O4S. The lowest BCUT2D eigenvalue weighted by atomic mass is 10.2. The normalized spacial score (nSPS) is 11.5. The molecule has 0 amide bonds. The monoisotopic (exact) mass is 504 g/mol. The van der Waals surface area contributed by atoms with Crippen molar-refractivity contribution < 1.29 is 13.3 Å². The van der Waals surface area contributed by atoms with E-state index in [-0.39, 0.29) is 16.3 Å². The van der Waals surface area contributed by atoms with Crippen molar-refractivity contribution in [3.05, 3.63) is 94.1 Å². The van der Waals surface area contributed by atoms with Crippen molar-refractivity contribution in [2.75, 3.05) is 19.0 Å². The maximum absolute atomic E-state index is 13.5. The number of anilines is 1. The molecule has 0 N–H and O–H groups in total. The van der Waals surface area contributed by atoms with Crippen LogP contribution in [0.2, 0.25) is 0 Å². The number of hydrogen-bond acceptors (Lipinski definition) is 9. The Morgan fingerprint density at radius 2 is 2.03 bits per heavy atom. The molecule has 13 heteroatoms. The molecule has 0 unspecified atom stereocenters. The third-order valence-corrected chi connectivity index (χ3v) is 7.05. The lowest BCUT2D eigenvalue weighted by Crippen LogP contribution is -2.26. The van der Waals surface area contributed by atoms with Crippen molar-refractivity contribution in [2.45, 2.75) is 11.4 Å². The van der Waals surface area contributed by atoms with Gasteiger partial charge in [-0.05, 0) is 29.8 Å². The predicted octanol–water partition coefficient (Wildman–Crippen LogP) is 2.80. The van der Waals surface area contributed by atoms with Crippen molar-refractivity contribution in [3.8, 4) is 6.07 Å². The smallest absolute Gasteiger partial charge is 0.281 e. The number of nitriles is 1. The Balaban J connectivity index is 1.70. The summed E-state index contributed by atoms with van der Waals surface area (Å²) in [5, 5.41) is 28.8. The Morgan fingerprint density at radius 3 is 2.72 bits per heavy atom. The number of pyridine rings is 2. The number of nitro benzene ring substituents is 1. The Kier molecular flexibility index (Phi) is 6.62. The predicted molar refractivity (Wildman–Crippen MR) is 132 cm³/mol. The quantitative estimate of drug-likeness (QED) is 0.202. The van der Waals surface area contributed by atoms with Crippen LogP contribution in [0.3, 0.4) is 0 Å². The third-order valence-electron chi connectivity index (χ3n) is 5.37. The summed E-state index contributed by atoms with van der Waals surface area (Å²) in [5.41, 5.74) is 2.20. The van der Waals surface area contributed by atoms with E-state index >= 15 is 0 Å². The molecule has 182 valence electrons. The minimum atomic E-state index is -4.29. The van der Waals surface area contributed by atoms with E-state index in [1.807, 2.05) is 12.1 Å². The van der Waals surface area contributed by atoms with Gasteiger partial charge in [0.1, 0.15) is 4.90 Å². The van der Waals surface area contributed by atoms with Gasteiger partial charge in [0.05, 0.1) is 40.2 Å². The Bertz CT molecular complexity index is 1610. The van der Waals surface area contributed by atoms with Gasteiger partial charge in [0.2, 0.25) is 0 Å². The van der Waals surface area contributed by atoms with Crippen LogP contribution in [0.1, 0.15) is 16.7 Å². The van der Waals surface area contributed by atoms with Crippen LogP contribution in [-0.2, 0) is 16.6 Å². The van der Waals surface area contributed by atoms with Crippen LogP contribution >= 0.6 is 0 Å². The number of benzene rings is 1. The van der Waals surface area contributed by atoms with Gasteiger partial charge >= 0.3 is 0 Å². The molecule has 3 aromatic heterocycles. The first kappa shape index (κ1) is 24.3. The first-order valence-electron chi connectivity index (χ1n) is 10.5. The molecule has 0 radical (unpaired) electrons. The van der Waals surface area contributed by atoms with Crippen molar-refractivity contribution in [3.63, 3.8) is 0 Å². The maximum atomic E-state index is 13.5. The van der Waals surface area contributed by atoms with E-state index in [0.29, 0.717) is 23.2 Å². The lowest BCUT2D eigenvalue weighted by molar-refractivity contribution is -0.385. The zero-order valence-electron chi connectivity index (χ0n) is 19.3. The molecule has 3 heterocycles. The topological polar surface area (TPSA) is 150 Å². The first-order valence-corrected chi connectivity index (χ1v) is 11.9. The molecule has 12 nitrogen and oxygen atoms in total. The van der Waals surface area contributed by atoms with Crippen LogP contribution < -0.4 is 4.90 Å². The van der Waals surface area contributed by atoms with Crippen molar-refractivity contribution >= 4 is 33.1 Å². The summed E-state index contributed by atoms with van der Waals surface area (Å²) in [6, 6.07) is 12.5. The fraction of sp³-hybridized carbons (Fsp3) is 0.130. The summed E-state index contributed by atoms with van der Waals surface area (Å²) in [7, 11) is -1.37. The van der Waals surface area contributed by atoms with E-state index < -0.39 is 14.9 Å². The van der Waals surface area contributed by atoms with E-state index in [1.165, 1.54) is 36.1 Å². The second-order valence-electron chi connectivity index (χ2n) is 7.77. The van der Waals surface area contributed by atoms with Gasteiger partial charge in [-0.25, -0.2) is 4.52 Å². The van der Waals surface area contributed by atoms with E-state index in [9.17, 15) is 18.5 Å². The van der Waals surface area contributed by atoms with Gasteiger partial charge in [-0.2, -0.15) is 28.3 Å². The number of aromatic nitrogens is 3. The number of rotatable bonds is 8. The Hall–Kier alpha value is -4.83. The van der Waals surface area contributed by atoms with E-state index in [0.717, 1.165) is 16.0 Å². The van der Waals surface area contributed by atoms with Crippen molar-refractivity contribution in [1.29, 1.82) is 5.26 Å². The van der Waals surface area contributed by atoms with Gasteiger partial charge < -0.3 is 4.90 Å². The van der Waals surface area contributed by atoms with Crippen LogP contribution in [0.15, 0.2) is 77.2 Å². The van der Waals surface area contributed by atoms with E-state index in [4.69, 9.17) is 5.26 Å². The molecule has 0 aliphatic heterocycles. The molecule has 0 saturated carbocycles. The molecule has 4 rings (SSSR count). The van der Waals surface area contributed by atoms with Gasteiger partial charge in [-0.3, -0.25) is 15.1 Å². The molecule has 36 heavy (non-hydrogen) atoms. The molecule has 0 saturated heterocycles. The molecule has 0 fully saturated rings. The highest BCUT2D eigenvalue weighted by Gasteiger charge is 2.27. The van der Waals surface area contributed by atoms with Crippen LogP contribution in [0.5, 0.6) is 0 Å². The first-order chi connectivity index (χ1) is 17.2. The summed E-state index contributed by atoms with van der Waals surface area (Å²) in [4.78, 5) is 16.2. The van der Waals surface area contributed by atoms with Crippen LogP contribution in [0, 0.1) is 21.4 Å². The minimum Gasteiger partial charge on any atom is -0.369 e. The molecular weight excluding hydrogens is 484 g/mol. The highest BCUT2D eigenvalue weighted by atomic mass is 32.2. The molecule has 0 bridgehead atoms. The minimum absolute atomic E-state index is 0.265. The van der Waals surface area contributed by atoms with Gasteiger partial charge in [0, 0.05) is 56.9 Å². The highest BCUT2D eigenvalue weighted by Crippen LogP contribution is 2.31. The number of fused-ring (bicyclic) bond motifs is 1. The number of nitrogens with zero attached hydrogens (tertiary/aromatic N) is 8. The lowest BCUT2D eigenvalue weighted by Gasteiger charge is -2.24. The van der Waals surface area contributed by atoms with Gasteiger partial charge in [-0.15, -0.1) is 0 Å². The average Bonchev–Trinajstić information content (AvgIpc) is 3.29. The zero-order chi connectivity index (χ0) is 25.9. The van der Waals surface area contributed by atoms with Gasteiger partial charge in [0.15, 0.2) is 0 Å². The molecule has 0 aliphatic rings. The molecule has 4 aromatic rings. The Labute approximate surface area is 206 Å². The van der Waals surface area contributed by atoms with Gasteiger partial charge in [-0.1, -0.05) is 6.07 Å². The third kappa shape index (κ3) is 4.84. The van der Waals surface area contributed by atoms with Crippen LogP contribution in [-0.4, -0.2) is 52.7 Å². The molecule has 1 aromatic carbocycles. The largest absolute Gasteiger partial charge is 0.369 e. The van der Waals surface area contributed by atoms with Crippen LogP contribution in [0.4, 0.5) is 11.4 Å². The summed E-state index contributed by atoms with van der Waals surface area (Å²) in [5.74, 6) is 0. The van der Waals surface area contributed by atoms with Crippen molar-refractivity contribution in [1.82, 2.24) is 19.0 Å². The highest BCUT2D eigenvalue weighted by molar-refractivity contribution is 7.89. The SMILES string of the molecule is CN(Cc1cccnc1)c1ccc([N+](=O)[O-])cc1S(=O)(=O)N(C)/N=C\c1cnn2ccc(C#N)cc12. The summed E-state index contributed by atoms with van der Waals surface area (Å²) < 4.78 is 29.3. The standard InChI is InChI=1S/C23H20N8O4S/c1-28(16-18-4-3-8-25-13-18)21-6-5-20(31(32)33)11-23(21)36(34,35)29(2)26-14-19-15-27-30-9-7-17(12-24)10-22(19)30/h3-11,13-15H,16H2,1-2H3/b26-14-. The van der Waals surface area contributed by atoms with Crippen LogP contribution in [0.25, 0.3) is 5.52 Å². The molecule has 0 aliphatic carbocycles. The second-order valence-corrected chi connectivity index (χ2v) is 9.69. The molecule has 0 atom stereocenters.